The van der Waals surface area contributed by atoms with Crippen molar-refractivity contribution in [2.75, 3.05) is 7.11 Å². The van der Waals surface area contributed by atoms with E-state index in [2.05, 4.69) is 4.40 Å². The smallest absolute Gasteiger partial charge is 0.378 e. The van der Waals surface area contributed by atoms with Crippen LogP contribution in [-0.2, 0) is 10.3 Å². The molecule has 0 radical (unpaired) electrons. The summed E-state index contributed by atoms with van der Waals surface area (Å²) in [6.07, 6.45) is 1.05. The Kier molecular flexibility index (Phi) is 3.21. The summed E-state index contributed by atoms with van der Waals surface area (Å²) < 4.78 is 36.7. The predicted octanol–water partition coefficient (Wildman–Crippen LogP) is 0.917. The minimum Gasteiger partial charge on any atom is -0.497 e. The van der Waals surface area contributed by atoms with Crippen LogP contribution >= 0.6 is 0 Å². The molecule has 1 aromatic carbocycles. The monoisotopic (exact) mass is 215 g/mol. The lowest BCUT2D eigenvalue weighted by Gasteiger charge is -1.97. The van der Waals surface area contributed by atoms with Gasteiger partial charge in [0.05, 0.1) is 7.11 Å². The standard InChI is InChI=1S/C8H9NO4S/c1-13-8-4-2-7(3-5-8)6-9-14(10,11)12/h2-6H,1H3,(H,10,11,12). The second-order valence-corrected chi connectivity index (χ2v) is 3.56. The summed E-state index contributed by atoms with van der Waals surface area (Å²) in [6.45, 7) is 0. The van der Waals surface area contributed by atoms with Gasteiger partial charge >= 0.3 is 10.3 Å². The number of hydrogen-bond donors (Lipinski definition) is 1. The quantitative estimate of drug-likeness (QED) is 0.600. The summed E-state index contributed by atoms with van der Waals surface area (Å²) in [5, 5.41) is 0. The van der Waals surface area contributed by atoms with E-state index in [0.717, 1.165) is 6.21 Å². The summed E-state index contributed by atoms with van der Waals surface area (Å²) in [5.41, 5.74) is 0.559. The number of hydrogen-bond acceptors (Lipinski definition) is 3. The molecule has 1 N–H and O–H groups in total. The maximum Gasteiger partial charge on any atom is 0.378 e. The van der Waals surface area contributed by atoms with Gasteiger partial charge in [0.1, 0.15) is 5.75 Å². The number of methoxy groups -OCH3 is 1. The molecule has 0 aliphatic carbocycles. The zero-order chi connectivity index (χ0) is 10.6. The molecule has 0 spiro atoms. The van der Waals surface area contributed by atoms with Gasteiger partial charge in [0, 0.05) is 6.21 Å². The molecule has 0 atom stereocenters. The van der Waals surface area contributed by atoms with Crippen LogP contribution in [0.2, 0.25) is 0 Å². The molecule has 5 nitrogen and oxygen atoms in total. The molecule has 0 saturated heterocycles. The van der Waals surface area contributed by atoms with Crippen molar-refractivity contribution in [3.8, 4) is 5.75 Å². The lowest BCUT2D eigenvalue weighted by molar-refractivity contribution is 0.415. The highest BCUT2D eigenvalue weighted by atomic mass is 32.2. The van der Waals surface area contributed by atoms with Crippen molar-refractivity contribution >= 4 is 16.5 Å². The molecule has 0 heterocycles. The Morgan fingerprint density at radius 2 is 1.93 bits per heavy atom. The van der Waals surface area contributed by atoms with Gasteiger partial charge < -0.3 is 4.74 Å². The van der Waals surface area contributed by atoms with Crippen molar-refractivity contribution in [3.05, 3.63) is 29.8 Å². The number of nitrogens with zero attached hydrogens (tertiary/aromatic N) is 1. The van der Waals surface area contributed by atoms with Crippen LogP contribution in [0.25, 0.3) is 0 Å². The zero-order valence-corrected chi connectivity index (χ0v) is 8.23. The van der Waals surface area contributed by atoms with Crippen molar-refractivity contribution in [2.24, 2.45) is 4.40 Å². The highest BCUT2D eigenvalue weighted by molar-refractivity contribution is 7.84. The van der Waals surface area contributed by atoms with Crippen LogP contribution in [0.15, 0.2) is 28.7 Å². The largest absolute Gasteiger partial charge is 0.497 e. The SMILES string of the molecule is COc1ccc(C=NS(=O)(=O)O)cc1. The fourth-order valence-corrected chi connectivity index (χ4v) is 1.07. The maximum atomic E-state index is 10.3. The predicted molar refractivity (Wildman–Crippen MR) is 52.1 cm³/mol. The molecule has 0 unspecified atom stereocenters. The van der Waals surface area contributed by atoms with Crippen molar-refractivity contribution in [2.45, 2.75) is 0 Å². The van der Waals surface area contributed by atoms with Crippen LogP contribution in [0, 0.1) is 0 Å². The van der Waals surface area contributed by atoms with Crippen molar-refractivity contribution in [3.63, 3.8) is 0 Å². The summed E-state index contributed by atoms with van der Waals surface area (Å²) in [7, 11) is -2.77. The second kappa shape index (κ2) is 4.21. The maximum absolute atomic E-state index is 10.3. The summed E-state index contributed by atoms with van der Waals surface area (Å²) >= 11 is 0. The highest BCUT2D eigenvalue weighted by Gasteiger charge is 1.96. The third-order valence-corrected chi connectivity index (χ3v) is 1.82. The third-order valence-electron chi connectivity index (χ3n) is 1.45. The Morgan fingerprint density at radius 1 is 1.36 bits per heavy atom. The molecular formula is C8H9NO4S. The average Bonchev–Trinajstić information content (AvgIpc) is 2.14. The molecule has 1 aromatic rings. The Morgan fingerprint density at radius 3 is 2.36 bits per heavy atom. The Bertz CT molecular complexity index is 421. The van der Waals surface area contributed by atoms with Gasteiger partial charge in [-0.1, -0.05) is 0 Å². The van der Waals surface area contributed by atoms with Gasteiger partial charge in [-0.25, -0.2) is 0 Å². The fraction of sp³-hybridized carbons (Fsp3) is 0.125. The van der Waals surface area contributed by atoms with Gasteiger partial charge in [-0.05, 0) is 29.8 Å². The lowest BCUT2D eigenvalue weighted by atomic mass is 10.2. The van der Waals surface area contributed by atoms with E-state index >= 15 is 0 Å². The van der Waals surface area contributed by atoms with Gasteiger partial charge in [0.2, 0.25) is 0 Å². The average molecular weight is 215 g/mol. The minimum absolute atomic E-state index is 0.559. The van der Waals surface area contributed by atoms with E-state index in [1.54, 1.807) is 24.3 Å². The van der Waals surface area contributed by atoms with Gasteiger partial charge in [-0.3, -0.25) is 4.55 Å². The topological polar surface area (TPSA) is 76.0 Å². The second-order valence-electron chi connectivity index (χ2n) is 2.46. The van der Waals surface area contributed by atoms with E-state index < -0.39 is 10.3 Å². The van der Waals surface area contributed by atoms with Crippen molar-refractivity contribution in [1.82, 2.24) is 0 Å². The molecule has 0 fully saturated rings. The summed E-state index contributed by atoms with van der Waals surface area (Å²) in [6, 6.07) is 6.55. The molecule has 0 aromatic heterocycles. The number of ether oxygens (including phenoxy) is 1. The molecule has 0 aliphatic rings. The van der Waals surface area contributed by atoms with Gasteiger partial charge in [0.15, 0.2) is 0 Å². The van der Waals surface area contributed by atoms with Crippen molar-refractivity contribution < 1.29 is 17.7 Å². The van der Waals surface area contributed by atoms with Gasteiger partial charge in [-0.15, -0.1) is 4.40 Å². The number of benzene rings is 1. The first kappa shape index (κ1) is 10.7. The molecular weight excluding hydrogens is 206 g/mol. The van der Waals surface area contributed by atoms with Gasteiger partial charge in [0.25, 0.3) is 0 Å². The van der Waals surface area contributed by atoms with Crippen LogP contribution < -0.4 is 4.74 Å². The Hall–Kier alpha value is -1.40. The van der Waals surface area contributed by atoms with E-state index in [1.165, 1.54) is 7.11 Å². The Balaban J connectivity index is 2.84. The zero-order valence-electron chi connectivity index (χ0n) is 7.41. The van der Waals surface area contributed by atoms with E-state index in [4.69, 9.17) is 9.29 Å². The van der Waals surface area contributed by atoms with Crippen LogP contribution in [0.4, 0.5) is 0 Å². The molecule has 0 aliphatic heterocycles. The molecule has 76 valence electrons. The molecule has 0 bridgehead atoms. The van der Waals surface area contributed by atoms with Crippen LogP contribution in [0.5, 0.6) is 5.75 Å². The fourth-order valence-electron chi connectivity index (χ4n) is 0.817. The third kappa shape index (κ3) is 3.55. The van der Waals surface area contributed by atoms with Crippen molar-refractivity contribution in [1.29, 1.82) is 0 Å². The molecule has 14 heavy (non-hydrogen) atoms. The molecule has 0 saturated carbocycles. The highest BCUT2D eigenvalue weighted by Crippen LogP contribution is 2.09. The minimum atomic E-state index is -4.30. The van der Waals surface area contributed by atoms with Gasteiger partial charge in [-0.2, -0.15) is 8.42 Å². The van der Waals surface area contributed by atoms with Crippen LogP contribution in [0.3, 0.4) is 0 Å². The van der Waals surface area contributed by atoms with E-state index in [-0.39, 0.29) is 0 Å². The van der Waals surface area contributed by atoms with E-state index in [9.17, 15) is 8.42 Å². The molecule has 1 rings (SSSR count). The summed E-state index contributed by atoms with van der Waals surface area (Å²) in [5.74, 6) is 0.661. The van der Waals surface area contributed by atoms with Crippen LogP contribution in [-0.4, -0.2) is 26.3 Å². The molecule has 0 amide bonds. The normalized spacial score (nSPS) is 11.9. The first-order valence-electron chi connectivity index (χ1n) is 3.68. The number of rotatable bonds is 3. The van der Waals surface area contributed by atoms with Crippen LogP contribution in [0.1, 0.15) is 5.56 Å². The van der Waals surface area contributed by atoms with E-state index in [1.807, 2.05) is 0 Å². The summed E-state index contributed by atoms with van der Waals surface area (Å²) in [4.78, 5) is 0. The van der Waals surface area contributed by atoms with E-state index in [0.29, 0.717) is 11.3 Å². The first-order valence-corrected chi connectivity index (χ1v) is 5.08. The lowest BCUT2D eigenvalue weighted by Crippen LogP contribution is -1.92. The molecule has 6 heteroatoms. The first-order chi connectivity index (χ1) is 6.51. The Labute approximate surface area is 81.9 Å².